The van der Waals surface area contributed by atoms with Gasteiger partial charge in [-0.3, -0.25) is 39.9 Å². The fraction of sp³-hybridized carbons (Fsp3) is 0.429. The van der Waals surface area contributed by atoms with Gasteiger partial charge in [0.2, 0.25) is 0 Å². The monoisotopic (exact) mass is 488 g/mol. The summed E-state index contributed by atoms with van der Waals surface area (Å²) in [6.45, 7) is 23.5. The molecule has 0 saturated heterocycles. The van der Waals surface area contributed by atoms with Crippen molar-refractivity contribution in [3.8, 4) is 0 Å². The summed E-state index contributed by atoms with van der Waals surface area (Å²) in [5.41, 5.74) is 12.1. The highest BCUT2D eigenvalue weighted by Gasteiger charge is 1.94. The number of hydrogen-bond donors (Lipinski definition) is 0. The Morgan fingerprint density at radius 3 is 0.556 bits per heavy atom. The van der Waals surface area contributed by atoms with Crippen molar-refractivity contribution in [3.63, 3.8) is 0 Å². The van der Waals surface area contributed by atoms with E-state index in [1.165, 1.54) is 0 Å². The van der Waals surface area contributed by atoms with E-state index in [9.17, 15) is 0 Å². The molecule has 4 heterocycles. The number of aromatic nitrogens is 8. The molecule has 0 aromatic carbocycles. The van der Waals surface area contributed by atoms with Crippen LogP contribution in [0.3, 0.4) is 0 Å². The molecule has 8 nitrogen and oxygen atoms in total. The molecule has 4 aromatic heterocycles. The number of rotatable bonds is 0. The van der Waals surface area contributed by atoms with Crippen LogP contribution in [0.4, 0.5) is 0 Å². The number of nitrogens with zero attached hydrogens (tertiary/aromatic N) is 8. The third kappa shape index (κ3) is 11.2. The van der Waals surface area contributed by atoms with Gasteiger partial charge in [0.1, 0.15) is 0 Å². The van der Waals surface area contributed by atoms with Gasteiger partial charge >= 0.3 is 0 Å². The van der Waals surface area contributed by atoms with Crippen molar-refractivity contribution in [2.24, 2.45) is 0 Å². The Hall–Kier alpha value is -3.68. The maximum Gasteiger partial charge on any atom is 0.0588 e. The molecule has 0 atom stereocenters. The van der Waals surface area contributed by atoms with Crippen LogP contribution in [0.25, 0.3) is 0 Å². The smallest absolute Gasteiger partial charge is 0.0588 e. The lowest BCUT2D eigenvalue weighted by molar-refractivity contribution is 1.00. The predicted octanol–water partition coefficient (Wildman–Crippen LogP) is 5.61. The SMILES string of the molecule is Cc1cnc(C)c(C)n1.Cc1cnc(C)c(C)n1.Cc1cnc(C)c(C)n1.Cc1cnc(C)c(C)n1. The van der Waals surface area contributed by atoms with Crippen LogP contribution in [-0.2, 0) is 0 Å². The van der Waals surface area contributed by atoms with E-state index >= 15 is 0 Å². The molecule has 0 unspecified atom stereocenters. The van der Waals surface area contributed by atoms with E-state index in [2.05, 4.69) is 39.9 Å². The molecular weight excluding hydrogens is 448 g/mol. The van der Waals surface area contributed by atoms with Gasteiger partial charge in [-0.15, -0.1) is 0 Å². The number of aryl methyl sites for hydroxylation is 12. The van der Waals surface area contributed by atoms with Crippen molar-refractivity contribution < 1.29 is 0 Å². The fourth-order valence-corrected chi connectivity index (χ4v) is 2.63. The minimum absolute atomic E-state index is 0.984. The van der Waals surface area contributed by atoms with Crippen LogP contribution in [0.15, 0.2) is 24.8 Å². The van der Waals surface area contributed by atoms with Crippen molar-refractivity contribution in [2.45, 2.75) is 83.1 Å². The van der Waals surface area contributed by atoms with Crippen LogP contribution >= 0.6 is 0 Å². The highest BCUT2D eigenvalue weighted by atomic mass is 14.8. The topological polar surface area (TPSA) is 103 Å². The van der Waals surface area contributed by atoms with E-state index in [0.29, 0.717) is 0 Å². The third-order valence-electron chi connectivity index (χ3n) is 5.25. The second-order valence-electron chi connectivity index (χ2n) is 8.73. The molecule has 0 amide bonds. The van der Waals surface area contributed by atoms with Crippen molar-refractivity contribution >= 4 is 0 Å². The molecular formula is C28H40N8. The largest absolute Gasteiger partial charge is 0.258 e. The van der Waals surface area contributed by atoms with Gasteiger partial charge in [0.15, 0.2) is 0 Å². The average Bonchev–Trinajstić information content (AvgIpc) is 2.81. The van der Waals surface area contributed by atoms with E-state index in [1.54, 1.807) is 24.8 Å². The lowest BCUT2D eigenvalue weighted by atomic mass is 10.3. The zero-order valence-corrected chi connectivity index (χ0v) is 23.9. The second kappa shape index (κ2) is 14.7. The third-order valence-corrected chi connectivity index (χ3v) is 5.25. The zero-order valence-electron chi connectivity index (χ0n) is 23.9. The van der Waals surface area contributed by atoms with E-state index < -0.39 is 0 Å². The van der Waals surface area contributed by atoms with Gasteiger partial charge in [-0.1, -0.05) is 0 Å². The minimum atomic E-state index is 0.984. The van der Waals surface area contributed by atoms with Gasteiger partial charge in [0, 0.05) is 24.8 Å². The van der Waals surface area contributed by atoms with Crippen molar-refractivity contribution in [3.05, 3.63) is 93.1 Å². The molecule has 192 valence electrons. The van der Waals surface area contributed by atoms with Crippen molar-refractivity contribution in [2.75, 3.05) is 0 Å². The molecule has 0 aliphatic rings. The van der Waals surface area contributed by atoms with Crippen LogP contribution in [-0.4, -0.2) is 39.9 Å². The summed E-state index contributed by atoms with van der Waals surface area (Å²) in [6, 6.07) is 0. The van der Waals surface area contributed by atoms with Crippen LogP contribution in [0.5, 0.6) is 0 Å². The first-order valence-electron chi connectivity index (χ1n) is 11.9. The lowest BCUT2D eigenvalue weighted by Crippen LogP contribution is -1.92. The first-order valence-corrected chi connectivity index (χ1v) is 11.9. The van der Waals surface area contributed by atoms with Gasteiger partial charge in [0.05, 0.1) is 68.3 Å². The summed E-state index contributed by atoms with van der Waals surface area (Å²) >= 11 is 0. The Kier molecular flexibility index (Phi) is 12.4. The van der Waals surface area contributed by atoms with Crippen molar-refractivity contribution in [1.82, 2.24) is 39.9 Å². The molecule has 4 rings (SSSR count). The van der Waals surface area contributed by atoms with Gasteiger partial charge in [0.25, 0.3) is 0 Å². The summed E-state index contributed by atoms with van der Waals surface area (Å²) < 4.78 is 0. The van der Waals surface area contributed by atoms with Crippen LogP contribution < -0.4 is 0 Å². The van der Waals surface area contributed by atoms with E-state index in [1.807, 2.05) is 83.1 Å². The van der Waals surface area contributed by atoms with Gasteiger partial charge < -0.3 is 0 Å². The second-order valence-corrected chi connectivity index (χ2v) is 8.73. The molecule has 36 heavy (non-hydrogen) atoms. The van der Waals surface area contributed by atoms with Gasteiger partial charge in [-0.25, -0.2) is 0 Å². The Morgan fingerprint density at radius 2 is 0.444 bits per heavy atom. The summed E-state index contributed by atoms with van der Waals surface area (Å²) in [4.78, 5) is 33.3. The maximum atomic E-state index is 4.21. The molecule has 0 aliphatic carbocycles. The van der Waals surface area contributed by atoms with Crippen molar-refractivity contribution in [1.29, 1.82) is 0 Å². The first-order chi connectivity index (χ1) is 16.8. The molecule has 0 N–H and O–H groups in total. The first kappa shape index (κ1) is 30.4. The Labute approximate surface area is 216 Å². The Bertz CT molecular complexity index is 1070. The summed E-state index contributed by atoms with van der Waals surface area (Å²) in [7, 11) is 0. The van der Waals surface area contributed by atoms with Crippen LogP contribution in [0.2, 0.25) is 0 Å². The molecule has 0 spiro atoms. The molecule has 0 fully saturated rings. The summed E-state index contributed by atoms with van der Waals surface area (Å²) in [5.74, 6) is 0. The normalized spacial score (nSPS) is 9.67. The summed E-state index contributed by atoms with van der Waals surface area (Å²) in [5, 5.41) is 0. The van der Waals surface area contributed by atoms with Gasteiger partial charge in [-0.2, -0.15) is 0 Å². The maximum absolute atomic E-state index is 4.21. The van der Waals surface area contributed by atoms with Gasteiger partial charge in [-0.05, 0) is 83.1 Å². The zero-order chi connectivity index (χ0) is 27.4. The molecule has 0 bridgehead atoms. The standard InChI is InChI=1S/4C7H10N2/c4*1-5-4-8-6(2)7(3)9-5/h4*4H,1-3H3. The predicted molar refractivity (Wildman–Crippen MR) is 145 cm³/mol. The number of hydrogen-bond acceptors (Lipinski definition) is 8. The molecule has 0 aliphatic heterocycles. The highest BCUT2D eigenvalue weighted by Crippen LogP contribution is 2.00. The molecule has 0 radical (unpaired) electrons. The highest BCUT2D eigenvalue weighted by molar-refractivity contribution is 5.11. The quantitative estimate of drug-likeness (QED) is 0.315. The van der Waals surface area contributed by atoms with E-state index in [4.69, 9.17) is 0 Å². The molecule has 4 aromatic rings. The summed E-state index contributed by atoms with van der Waals surface area (Å²) in [6.07, 6.45) is 7.12. The molecule has 0 saturated carbocycles. The Morgan fingerprint density at radius 1 is 0.278 bits per heavy atom. The Balaban J connectivity index is 0.000000240. The van der Waals surface area contributed by atoms with Crippen LogP contribution in [0, 0.1) is 83.1 Å². The molecule has 8 heteroatoms. The van der Waals surface area contributed by atoms with Crippen LogP contribution in [0.1, 0.15) is 68.3 Å². The van der Waals surface area contributed by atoms with E-state index in [-0.39, 0.29) is 0 Å². The minimum Gasteiger partial charge on any atom is -0.258 e. The average molecular weight is 489 g/mol. The fourth-order valence-electron chi connectivity index (χ4n) is 2.63. The lowest BCUT2D eigenvalue weighted by Gasteiger charge is -1.96. The van der Waals surface area contributed by atoms with E-state index in [0.717, 1.165) is 68.3 Å².